The van der Waals surface area contributed by atoms with Crippen molar-refractivity contribution in [1.82, 2.24) is 9.97 Å². The van der Waals surface area contributed by atoms with Crippen molar-refractivity contribution in [3.63, 3.8) is 0 Å². The normalized spacial score (nSPS) is 12.7. The Bertz CT molecular complexity index is 983. The zero-order valence-corrected chi connectivity index (χ0v) is 20.1. The number of ether oxygens (including phenoxy) is 1. The van der Waals surface area contributed by atoms with Gasteiger partial charge in [-0.25, -0.2) is 23.5 Å². The molecule has 0 bridgehead atoms. The highest BCUT2D eigenvalue weighted by Crippen LogP contribution is 2.48. The predicted molar refractivity (Wildman–Crippen MR) is 120 cm³/mol. The maximum absolute atomic E-state index is 13.6. The van der Waals surface area contributed by atoms with Crippen LogP contribution in [-0.2, 0) is 11.2 Å². The standard InChI is InChI=1S/C25H28F8N2O2/c1-2-3-4-5-6-7-8-9-17-14-34-20(35-15-17)18-10-12-19(13-11-18)21(36)37-16-23(28,29)25(32,33)24(30,31)22(26)27/h10-15,22H,2-9,16H2,1H3. The summed E-state index contributed by atoms with van der Waals surface area (Å²) in [6, 6.07) is 4.91. The molecule has 0 radical (unpaired) electrons. The number of hydrogen-bond acceptors (Lipinski definition) is 4. The van der Waals surface area contributed by atoms with Crippen LogP contribution in [0.1, 0.15) is 67.8 Å². The van der Waals surface area contributed by atoms with Crippen LogP contribution in [0.3, 0.4) is 0 Å². The number of carbonyl (C=O) groups excluding carboxylic acids is 1. The summed E-state index contributed by atoms with van der Waals surface area (Å²) >= 11 is 0. The number of unbranched alkanes of at least 4 members (excludes halogenated alkanes) is 6. The molecule has 0 fully saturated rings. The first-order chi connectivity index (χ1) is 17.3. The first-order valence-corrected chi connectivity index (χ1v) is 11.8. The Labute approximate surface area is 209 Å². The van der Waals surface area contributed by atoms with E-state index in [0.717, 1.165) is 37.0 Å². The summed E-state index contributed by atoms with van der Waals surface area (Å²) in [5.41, 5.74) is 1.04. The Hall–Kier alpha value is -2.79. The van der Waals surface area contributed by atoms with Crippen LogP contribution in [0.2, 0.25) is 0 Å². The van der Waals surface area contributed by atoms with Crippen LogP contribution in [0, 0.1) is 0 Å². The van der Waals surface area contributed by atoms with Gasteiger partial charge in [0.1, 0.15) is 0 Å². The molecule has 0 atom stereocenters. The molecule has 0 unspecified atom stereocenters. The molecule has 0 N–H and O–H groups in total. The van der Waals surface area contributed by atoms with Gasteiger partial charge in [-0.1, -0.05) is 57.6 Å². The fourth-order valence-corrected chi connectivity index (χ4v) is 3.39. The summed E-state index contributed by atoms with van der Waals surface area (Å²) in [4.78, 5) is 20.4. The van der Waals surface area contributed by atoms with Crippen LogP contribution < -0.4 is 0 Å². The number of esters is 1. The van der Waals surface area contributed by atoms with E-state index in [-0.39, 0.29) is 5.56 Å². The molecule has 0 aliphatic rings. The van der Waals surface area contributed by atoms with Crippen molar-refractivity contribution in [1.29, 1.82) is 0 Å². The van der Waals surface area contributed by atoms with E-state index in [1.807, 2.05) is 0 Å². The second-order valence-corrected chi connectivity index (χ2v) is 8.64. The van der Waals surface area contributed by atoms with Gasteiger partial charge in [-0.2, -0.15) is 26.3 Å². The van der Waals surface area contributed by atoms with Crippen LogP contribution in [0.15, 0.2) is 36.7 Å². The molecule has 0 saturated heterocycles. The molecule has 0 amide bonds. The number of aryl methyl sites for hydroxylation is 1. The van der Waals surface area contributed by atoms with Gasteiger partial charge in [0.05, 0.1) is 5.56 Å². The van der Waals surface area contributed by atoms with Crippen LogP contribution in [-0.4, -0.2) is 46.7 Å². The third-order valence-electron chi connectivity index (χ3n) is 5.69. The highest BCUT2D eigenvalue weighted by molar-refractivity contribution is 5.89. The van der Waals surface area contributed by atoms with E-state index in [2.05, 4.69) is 21.6 Å². The average Bonchev–Trinajstić information content (AvgIpc) is 2.87. The lowest BCUT2D eigenvalue weighted by atomic mass is 10.1. The zero-order valence-electron chi connectivity index (χ0n) is 20.1. The lowest BCUT2D eigenvalue weighted by Crippen LogP contribution is -2.59. The fourth-order valence-electron chi connectivity index (χ4n) is 3.39. The fraction of sp³-hybridized carbons (Fsp3) is 0.560. The van der Waals surface area contributed by atoms with Crippen LogP contribution >= 0.6 is 0 Å². The van der Waals surface area contributed by atoms with E-state index in [1.54, 1.807) is 12.4 Å². The highest BCUT2D eigenvalue weighted by atomic mass is 19.4. The molecule has 1 aromatic heterocycles. The minimum Gasteiger partial charge on any atom is -0.455 e. The minimum atomic E-state index is -6.45. The number of aromatic nitrogens is 2. The third-order valence-corrected chi connectivity index (χ3v) is 5.69. The molecule has 1 heterocycles. The molecule has 206 valence electrons. The highest BCUT2D eigenvalue weighted by Gasteiger charge is 2.75. The van der Waals surface area contributed by atoms with E-state index < -0.39 is 36.8 Å². The number of nitrogens with zero attached hydrogens (tertiary/aromatic N) is 2. The number of benzene rings is 1. The van der Waals surface area contributed by atoms with Gasteiger partial charge in [0.25, 0.3) is 0 Å². The van der Waals surface area contributed by atoms with Crippen molar-refractivity contribution in [2.24, 2.45) is 0 Å². The van der Waals surface area contributed by atoms with E-state index in [0.29, 0.717) is 11.4 Å². The monoisotopic (exact) mass is 540 g/mol. The SMILES string of the molecule is CCCCCCCCCc1cnc(-c2ccc(C(=O)OCC(F)(F)C(F)(F)C(F)(F)C(F)F)cc2)nc1. The molecule has 0 saturated carbocycles. The average molecular weight is 540 g/mol. The molecular weight excluding hydrogens is 512 g/mol. The molecule has 0 aliphatic carbocycles. The Morgan fingerprint density at radius 3 is 1.95 bits per heavy atom. The summed E-state index contributed by atoms with van der Waals surface area (Å²) in [6.07, 6.45) is 7.32. The van der Waals surface area contributed by atoms with E-state index in [9.17, 15) is 39.9 Å². The second kappa shape index (κ2) is 13.1. The third kappa shape index (κ3) is 7.85. The molecule has 4 nitrogen and oxygen atoms in total. The molecule has 0 spiro atoms. The van der Waals surface area contributed by atoms with E-state index in [4.69, 9.17) is 0 Å². The van der Waals surface area contributed by atoms with Gasteiger partial charge in [0.15, 0.2) is 12.4 Å². The van der Waals surface area contributed by atoms with Gasteiger partial charge in [-0.15, -0.1) is 0 Å². The number of hydrogen-bond donors (Lipinski definition) is 0. The maximum Gasteiger partial charge on any atom is 0.381 e. The lowest BCUT2D eigenvalue weighted by molar-refractivity contribution is -0.343. The van der Waals surface area contributed by atoms with Gasteiger partial charge >= 0.3 is 30.2 Å². The van der Waals surface area contributed by atoms with Crippen molar-refractivity contribution in [3.8, 4) is 11.4 Å². The molecule has 2 rings (SSSR count). The van der Waals surface area contributed by atoms with E-state index >= 15 is 0 Å². The Morgan fingerprint density at radius 1 is 0.865 bits per heavy atom. The predicted octanol–water partition coefficient (Wildman–Crippen LogP) is 7.76. The second-order valence-electron chi connectivity index (χ2n) is 8.64. The van der Waals surface area contributed by atoms with Gasteiger partial charge in [-0.05, 0) is 30.5 Å². The van der Waals surface area contributed by atoms with Crippen LogP contribution in [0.5, 0.6) is 0 Å². The van der Waals surface area contributed by atoms with Crippen molar-refractivity contribution in [3.05, 3.63) is 47.8 Å². The van der Waals surface area contributed by atoms with Crippen LogP contribution in [0.25, 0.3) is 11.4 Å². The largest absolute Gasteiger partial charge is 0.455 e. The van der Waals surface area contributed by atoms with Crippen molar-refractivity contribution < 1.29 is 44.7 Å². The first kappa shape index (κ1) is 30.4. The Kier molecular flexibility index (Phi) is 10.8. The molecule has 1 aromatic carbocycles. The molecule has 2 aromatic rings. The Morgan fingerprint density at radius 2 is 1.41 bits per heavy atom. The lowest BCUT2D eigenvalue weighted by Gasteiger charge is -2.31. The van der Waals surface area contributed by atoms with Gasteiger partial charge in [0, 0.05) is 18.0 Å². The summed E-state index contributed by atoms with van der Waals surface area (Å²) in [5.74, 6) is -19.7. The maximum atomic E-state index is 13.6. The molecular formula is C25H28F8N2O2. The van der Waals surface area contributed by atoms with E-state index in [1.165, 1.54) is 44.2 Å². The quantitative estimate of drug-likeness (QED) is 0.132. The summed E-state index contributed by atoms with van der Waals surface area (Å²) in [5, 5.41) is 0. The zero-order chi connectivity index (χ0) is 27.7. The number of carbonyl (C=O) groups is 1. The molecule has 0 aliphatic heterocycles. The summed E-state index contributed by atoms with van der Waals surface area (Å²) in [7, 11) is 0. The topological polar surface area (TPSA) is 52.1 Å². The van der Waals surface area contributed by atoms with Crippen molar-refractivity contribution in [2.75, 3.05) is 6.61 Å². The number of alkyl halides is 8. The van der Waals surface area contributed by atoms with Crippen LogP contribution in [0.4, 0.5) is 35.1 Å². The summed E-state index contributed by atoms with van der Waals surface area (Å²) in [6.45, 7) is -0.355. The first-order valence-electron chi connectivity index (χ1n) is 11.8. The number of halogens is 8. The molecule has 12 heteroatoms. The van der Waals surface area contributed by atoms with Crippen molar-refractivity contribution in [2.45, 2.75) is 82.5 Å². The Balaban J connectivity index is 1.91. The van der Waals surface area contributed by atoms with Gasteiger partial charge < -0.3 is 4.74 Å². The molecule has 37 heavy (non-hydrogen) atoms. The van der Waals surface area contributed by atoms with Crippen molar-refractivity contribution >= 4 is 5.97 Å². The minimum absolute atomic E-state index is 0.309. The van der Waals surface area contributed by atoms with Gasteiger partial charge in [-0.3, -0.25) is 0 Å². The summed E-state index contributed by atoms with van der Waals surface area (Å²) < 4.78 is 108. The smallest absolute Gasteiger partial charge is 0.381 e. The van der Waals surface area contributed by atoms with Gasteiger partial charge in [0.2, 0.25) is 0 Å². The number of rotatable bonds is 15.